The van der Waals surface area contributed by atoms with Crippen molar-refractivity contribution in [3.8, 4) is 39.1 Å². The fourth-order valence-corrected chi connectivity index (χ4v) is 5.83. The minimum absolute atomic E-state index is 0.00804. The number of alkyl halides is 6. The van der Waals surface area contributed by atoms with E-state index in [1.807, 2.05) is 30.3 Å². The highest BCUT2D eigenvalue weighted by Crippen LogP contribution is 2.43. The number of aliphatic carboxylic acids is 1. The van der Waals surface area contributed by atoms with Crippen molar-refractivity contribution in [3.63, 3.8) is 0 Å². The molecule has 0 fully saturated rings. The monoisotopic (exact) mass is 749 g/mol. The average molecular weight is 750 g/mol. The van der Waals surface area contributed by atoms with E-state index in [0.29, 0.717) is 19.6 Å². The maximum atomic E-state index is 14.0. The highest BCUT2D eigenvalue weighted by atomic mass is 19.4. The van der Waals surface area contributed by atoms with Gasteiger partial charge in [-0.25, -0.2) is 4.79 Å². The van der Waals surface area contributed by atoms with Crippen molar-refractivity contribution < 1.29 is 50.5 Å². The van der Waals surface area contributed by atoms with Crippen molar-refractivity contribution in [2.24, 2.45) is 0 Å². The van der Waals surface area contributed by atoms with Crippen LogP contribution in [0.2, 0.25) is 0 Å². The molecule has 5 aromatic carbocycles. The summed E-state index contributed by atoms with van der Waals surface area (Å²) in [5.74, 6) is -2.90. The Labute approximate surface area is 308 Å². The van der Waals surface area contributed by atoms with Crippen molar-refractivity contribution in [1.29, 1.82) is 0 Å². The number of para-hydroxylation sites is 1. The predicted octanol–water partition coefficient (Wildman–Crippen LogP) is 10.7. The summed E-state index contributed by atoms with van der Waals surface area (Å²) >= 11 is 0. The molecule has 0 radical (unpaired) electrons. The topological polar surface area (TPSA) is 84.9 Å². The summed E-state index contributed by atoms with van der Waals surface area (Å²) in [4.78, 5) is 24.6. The van der Waals surface area contributed by atoms with Crippen LogP contribution in [-0.4, -0.2) is 36.7 Å². The number of ether oxygens (including phenoxy) is 2. The Morgan fingerprint density at radius 2 is 1.30 bits per heavy atom. The first-order chi connectivity index (χ1) is 25.8. The molecule has 0 aliphatic heterocycles. The number of hydrogen-bond donors (Lipinski definition) is 2. The zero-order valence-corrected chi connectivity index (χ0v) is 29.0. The van der Waals surface area contributed by atoms with E-state index in [2.05, 4.69) is 29.6 Å². The number of benzene rings is 5. The van der Waals surface area contributed by atoms with Crippen molar-refractivity contribution in [3.05, 3.63) is 138 Å². The van der Waals surface area contributed by atoms with Crippen LogP contribution in [0.15, 0.2) is 115 Å². The van der Waals surface area contributed by atoms with Crippen molar-refractivity contribution >= 4 is 11.9 Å². The van der Waals surface area contributed by atoms with Crippen LogP contribution in [0.1, 0.15) is 52.7 Å². The molecule has 0 atom stereocenters. The number of carbonyl (C=O) groups is 2. The van der Waals surface area contributed by atoms with E-state index in [1.54, 1.807) is 0 Å². The molecule has 0 aliphatic rings. The normalized spacial score (nSPS) is 11.7. The molecule has 2 N–H and O–H groups in total. The predicted molar refractivity (Wildman–Crippen MR) is 193 cm³/mol. The lowest BCUT2D eigenvalue weighted by atomic mass is 9.93. The first-order valence-electron chi connectivity index (χ1n) is 17.2. The summed E-state index contributed by atoms with van der Waals surface area (Å²) in [6.07, 6.45) is -6.56. The fourth-order valence-electron chi connectivity index (χ4n) is 5.83. The molecule has 0 aliphatic carbocycles. The lowest BCUT2D eigenvalue weighted by molar-refractivity contribution is -0.143. The maximum absolute atomic E-state index is 14.0. The van der Waals surface area contributed by atoms with E-state index >= 15 is 0 Å². The molecule has 0 unspecified atom stereocenters. The zero-order chi connectivity index (χ0) is 38.7. The smallest absolute Gasteiger partial charge is 0.419 e. The average Bonchev–Trinajstić information content (AvgIpc) is 3.16. The number of carboxylic acids is 1. The number of rotatable bonds is 16. The number of carboxylic acid groups (broad SMARTS) is 1. The number of hydrogen-bond acceptors (Lipinski definition) is 4. The minimum Gasteiger partial charge on any atom is -0.481 e. The van der Waals surface area contributed by atoms with Crippen LogP contribution in [0, 0.1) is 0 Å². The first kappa shape index (κ1) is 39.6. The van der Waals surface area contributed by atoms with E-state index in [-0.39, 0.29) is 34.4 Å². The third kappa shape index (κ3) is 11.0. The molecule has 0 saturated carbocycles. The molecule has 0 aromatic heterocycles. The maximum Gasteiger partial charge on any atom is 0.419 e. The van der Waals surface area contributed by atoms with Gasteiger partial charge in [-0.2, -0.15) is 26.3 Å². The molecule has 5 aromatic rings. The number of nitrogens with one attached hydrogen (secondary N) is 1. The van der Waals surface area contributed by atoms with E-state index in [9.17, 15) is 35.9 Å². The molecule has 0 heterocycles. The Hall–Kier alpha value is -5.62. The summed E-state index contributed by atoms with van der Waals surface area (Å²) in [6.45, 7) is 0.231. The summed E-state index contributed by atoms with van der Waals surface area (Å²) in [5, 5.41) is 11.9. The van der Waals surface area contributed by atoms with Gasteiger partial charge >= 0.3 is 18.3 Å². The SMILES string of the molecule is O=C(O)COc1c(-c2cc(C(=O)NCCCCCCOCc3ccc(-c4ccccc4)cc3)cc(-c3cccc(C(F)(F)F)c3)c2)cccc1C(F)(F)F. The Balaban J connectivity index is 1.23. The standard InChI is InChI=1S/C42H37F6NO5/c43-41(44,45)35-13-8-12-31(25-35)32-22-33(36-14-9-15-37(42(46,47)48)39(36)54-27-38(50)51)24-34(23-32)40(52)49-20-6-1-2-7-21-53-26-28-16-18-30(19-17-28)29-10-4-3-5-11-29/h3-5,8-19,22-25H,1-2,6-7,20-21,26-27H2,(H,49,52)(H,50,51). The summed E-state index contributed by atoms with van der Waals surface area (Å²) < 4.78 is 93.6. The van der Waals surface area contributed by atoms with E-state index in [1.165, 1.54) is 36.4 Å². The van der Waals surface area contributed by atoms with Crippen LogP contribution in [0.25, 0.3) is 33.4 Å². The van der Waals surface area contributed by atoms with E-state index < -0.39 is 47.7 Å². The van der Waals surface area contributed by atoms with Gasteiger partial charge in [-0.15, -0.1) is 0 Å². The lowest BCUT2D eigenvalue weighted by Crippen LogP contribution is -2.24. The molecular formula is C42H37F6NO5. The van der Waals surface area contributed by atoms with Gasteiger partial charge in [0.1, 0.15) is 5.75 Å². The highest BCUT2D eigenvalue weighted by Gasteiger charge is 2.36. The molecule has 54 heavy (non-hydrogen) atoms. The van der Waals surface area contributed by atoms with Crippen LogP contribution in [-0.2, 0) is 28.5 Å². The Kier molecular flexibility index (Phi) is 13.1. The number of amides is 1. The molecule has 282 valence electrons. The molecule has 5 rings (SSSR count). The highest BCUT2D eigenvalue weighted by molar-refractivity contribution is 5.97. The van der Waals surface area contributed by atoms with Crippen molar-refractivity contribution in [2.75, 3.05) is 19.8 Å². The van der Waals surface area contributed by atoms with E-state index in [0.717, 1.165) is 60.2 Å². The molecule has 1 amide bonds. The molecule has 12 heteroatoms. The van der Waals surface area contributed by atoms with Gasteiger partial charge in [-0.3, -0.25) is 4.79 Å². The van der Waals surface area contributed by atoms with Crippen LogP contribution >= 0.6 is 0 Å². The lowest BCUT2D eigenvalue weighted by Gasteiger charge is -2.18. The van der Waals surface area contributed by atoms with Crippen LogP contribution in [0.3, 0.4) is 0 Å². The number of halogens is 6. The number of carbonyl (C=O) groups excluding carboxylic acids is 1. The molecule has 6 nitrogen and oxygen atoms in total. The number of unbranched alkanes of at least 4 members (excludes halogenated alkanes) is 3. The second-order valence-electron chi connectivity index (χ2n) is 12.5. The zero-order valence-electron chi connectivity index (χ0n) is 29.0. The van der Waals surface area contributed by atoms with Gasteiger partial charge < -0.3 is 19.9 Å². The fraction of sp³-hybridized carbons (Fsp3) is 0.238. The minimum atomic E-state index is -4.93. The summed E-state index contributed by atoms with van der Waals surface area (Å²) in [7, 11) is 0. The van der Waals surface area contributed by atoms with Crippen LogP contribution in [0.4, 0.5) is 26.3 Å². The van der Waals surface area contributed by atoms with Gasteiger partial charge in [0.15, 0.2) is 6.61 Å². The second kappa shape index (κ2) is 17.9. The van der Waals surface area contributed by atoms with Gasteiger partial charge in [-0.1, -0.05) is 91.7 Å². The first-order valence-corrected chi connectivity index (χ1v) is 17.2. The second-order valence-corrected chi connectivity index (χ2v) is 12.5. The quantitative estimate of drug-likeness (QED) is 0.0775. The van der Waals surface area contributed by atoms with Gasteiger partial charge in [0, 0.05) is 24.3 Å². The van der Waals surface area contributed by atoms with Gasteiger partial charge in [-0.05, 0) is 82.6 Å². The van der Waals surface area contributed by atoms with E-state index in [4.69, 9.17) is 14.6 Å². The van der Waals surface area contributed by atoms with Crippen LogP contribution < -0.4 is 10.1 Å². The van der Waals surface area contributed by atoms with Crippen molar-refractivity contribution in [2.45, 2.75) is 44.6 Å². The molecular weight excluding hydrogens is 712 g/mol. The third-order valence-corrected chi connectivity index (χ3v) is 8.52. The summed E-state index contributed by atoms with van der Waals surface area (Å²) in [6, 6.07) is 29.6. The Morgan fingerprint density at radius 1 is 0.630 bits per heavy atom. The van der Waals surface area contributed by atoms with Gasteiger partial charge in [0.05, 0.1) is 17.7 Å². The van der Waals surface area contributed by atoms with Crippen LogP contribution in [0.5, 0.6) is 5.75 Å². The Morgan fingerprint density at radius 3 is 2.00 bits per heavy atom. The third-order valence-electron chi connectivity index (χ3n) is 8.52. The van der Waals surface area contributed by atoms with Gasteiger partial charge in [0.2, 0.25) is 0 Å². The summed E-state index contributed by atoms with van der Waals surface area (Å²) in [5.41, 5.74) is 1.11. The molecule has 0 bridgehead atoms. The molecule has 0 saturated heterocycles. The van der Waals surface area contributed by atoms with Crippen molar-refractivity contribution in [1.82, 2.24) is 5.32 Å². The largest absolute Gasteiger partial charge is 0.481 e. The Bertz CT molecular complexity index is 2030. The molecule has 0 spiro atoms. The van der Waals surface area contributed by atoms with Gasteiger partial charge in [0.25, 0.3) is 5.91 Å².